The van der Waals surface area contributed by atoms with Crippen LogP contribution in [0, 0.1) is 12.8 Å². The summed E-state index contributed by atoms with van der Waals surface area (Å²) in [5.74, 6) is -1.45. The van der Waals surface area contributed by atoms with Gasteiger partial charge in [0.05, 0.1) is 5.56 Å². The van der Waals surface area contributed by atoms with Gasteiger partial charge in [-0.15, -0.1) is 0 Å². The molecule has 3 N–H and O–H groups in total. The molecule has 1 aromatic rings. The van der Waals surface area contributed by atoms with Gasteiger partial charge in [-0.1, -0.05) is 20.3 Å². The van der Waals surface area contributed by atoms with Gasteiger partial charge in [0.15, 0.2) is 0 Å². The van der Waals surface area contributed by atoms with Gasteiger partial charge in [0.1, 0.15) is 6.04 Å². The fourth-order valence-corrected chi connectivity index (χ4v) is 1.59. The van der Waals surface area contributed by atoms with Crippen LogP contribution in [0.3, 0.4) is 0 Å². The van der Waals surface area contributed by atoms with Crippen molar-refractivity contribution in [1.29, 1.82) is 0 Å². The lowest BCUT2D eigenvalue weighted by atomic mass is 9.99. The van der Waals surface area contributed by atoms with Crippen LogP contribution in [0.1, 0.15) is 36.2 Å². The van der Waals surface area contributed by atoms with Crippen LogP contribution in [0.15, 0.2) is 12.4 Å². The highest BCUT2D eigenvalue weighted by Gasteiger charge is 2.26. The van der Waals surface area contributed by atoms with Crippen LogP contribution < -0.4 is 5.32 Å². The van der Waals surface area contributed by atoms with Crippen LogP contribution in [-0.4, -0.2) is 28.0 Å². The number of aryl methyl sites for hydroxylation is 1. The molecule has 1 amide bonds. The molecule has 0 aliphatic carbocycles. The lowest BCUT2D eigenvalue weighted by Gasteiger charge is -2.19. The highest BCUT2D eigenvalue weighted by Crippen LogP contribution is 2.11. The molecular formula is C12H18N2O3. The predicted molar refractivity (Wildman–Crippen MR) is 63.9 cm³/mol. The van der Waals surface area contributed by atoms with E-state index in [0.717, 1.165) is 5.56 Å². The molecule has 1 heterocycles. The third-order valence-corrected chi connectivity index (χ3v) is 2.96. The van der Waals surface area contributed by atoms with Gasteiger partial charge >= 0.3 is 5.97 Å². The number of rotatable bonds is 5. The summed E-state index contributed by atoms with van der Waals surface area (Å²) in [4.78, 5) is 25.8. The number of hydrogen-bond donors (Lipinski definition) is 3. The number of hydrogen-bond acceptors (Lipinski definition) is 2. The van der Waals surface area contributed by atoms with Gasteiger partial charge in [0, 0.05) is 12.4 Å². The zero-order chi connectivity index (χ0) is 13.0. The van der Waals surface area contributed by atoms with E-state index in [1.807, 2.05) is 13.8 Å². The summed E-state index contributed by atoms with van der Waals surface area (Å²) in [7, 11) is 0. The zero-order valence-electron chi connectivity index (χ0n) is 10.3. The molecule has 17 heavy (non-hydrogen) atoms. The Kier molecular flexibility index (Phi) is 4.31. The molecule has 0 spiro atoms. The van der Waals surface area contributed by atoms with Crippen molar-refractivity contribution in [3.63, 3.8) is 0 Å². The molecular weight excluding hydrogens is 220 g/mol. The normalized spacial score (nSPS) is 14.1. The molecule has 0 unspecified atom stereocenters. The smallest absolute Gasteiger partial charge is 0.326 e. The van der Waals surface area contributed by atoms with Gasteiger partial charge < -0.3 is 15.4 Å². The third-order valence-electron chi connectivity index (χ3n) is 2.96. The van der Waals surface area contributed by atoms with Gasteiger partial charge in [0.2, 0.25) is 0 Å². The summed E-state index contributed by atoms with van der Waals surface area (Å²) in [6.45, 7) is 5.50. The van der Waals surface area contributed by atoms with Crippen LogP contribution in [0.5, 0.6) is 0 Å². The van der Waals surface area contributed by atoms with Gasteiger partial charge in [-0.2, -0.15) is 0 Å². The number of aromatic nitrogens is 1. The van der Waals surface area contributed by atoms with E-state index < -0.39 is 12.0 Å². The second-order valence-corrected chi connectivity index (χ2v) is 4.23. The minimum Gasteiger partial charge on any atom is -0.480 e. The molecule has 0 saturated carbocycles. The number of carbonyl (C=O) groups is 2. The van der Waals surface area contributed by atoms with E-state index in [1.165, 1.54) is 0 Å². The molecule has 0 aliphatic rings. The standard InChI is InChI=1S/C12H18N2O3/c1-4-7(2)10(12(16)17)14-11(15)9-6-13-5-8(9)3/h5-7,10,13H,4H2,1-3H3,(H,14,15)(H,16,17)/t7-,10-/m0/s1. The minimum atomic E-state index is -0.999. The molecule has 5 nitrogen and oxygen atoms in total. The van der Waals surface area contributed by atoms with Crippen LogP contribution >= 0.6 is 0 Å². The predicted octanol–water partition coefficient (Wildman–Crippen LogP) is 1.55. The quantitative estimate of drug-likeness (QED) is 0.728. The summed E-state index contributed by atoms with van der Waals surface area (Å²) in [6.07, 6.45) is 3.97. The molecule has 0 bridgehead atoms. The fourth-order valence-electron chi connectivity index (χ4n) is 1.59. The Balaban J connectivity index is 2.78. The first kappa shape index (κ1) is 13.3. The first-order valence-electron chi connectivity index (χ1n) is 5.64. The van der Waals surface area contributed by atoms with Gasteiger partial charge in [-0.25, -0.2) is 4.79 Å². The summed E-state index contributed by atoms with van der Waals surface area (Å²) in [6, 6.07) is -0.846. The van der Waals surface area contributed by atoms with Crippen LogP contribution in [0.25, 0.3) is 0 Å². The Morgan fingerprint density at radius 3 is 2.53 bits per heavy atom. The fraction of sp³-hybridized carbons (Fsp3) is 0.500. The maximum atomic E-state index is 11.9. The maximum absolute atomic E-state index is 11.9. The van der Waals surface area contributed by atoms with E-state index in [0.29, 0.717) is 12.0 Å². The molecule has 1 rings (SSSR count). The molecule has 0 radical (unpaired) electrons. The third kappa shape index (κ3) is 3.09. The number of amides is 1. The number of aromatic amines is 1. The second kappa shape index (κ2) is 5.52. The largest absolute Gasteiger partial charge is 0.480 e. The first-order chi connectivity index (χ1) is 7.97. The summed E-state index contributed by atoms with van der Waals surface area (Å²) >= 11 is 0. The molecule has 0 saturated heterocycles. The number of carbonyl (C=O) groups excluding carboxylic acids is 1. The lowest BCUT2D eigenvalue weighted by molar-refractivity contribution is -0.140. The van der Waals surface area contributed by atoms with Crippen LogP contribution in [0.2, 0.25) is 0 Å². The number of carboxylic acids is 1. The van der Waals surface area contributed by atoms with Gasteiger partial charge in [0.25, 0.3) is 5.91 Å². The van der Waals surface area contributed by atoms with Crippen molar-refractivity contribution in [2.24, 2.45) is 5.92 Å². The average Bonchev–Trinajstić information content (AvgIpc) is 2.70. The van der Waals surface area contributed by atoms with Crippen molar-refractivity contribution in [1.82, 2.24) is 10.3 Å². The van der Waals surface area contributed by atoms with E-state index in [9.17, 15) is 9.59 Å². The summed E-state index contributed by atoms with van der Waals surface area (Å²) in [5, 5.41) is 11.6. The van der Waals surface area contributed by atoms with E-state index in [1.54, 1.807) is 19.3 Å². The molecule has 0 fully saturated rings. The average molecular weight is 238 g/mol. The van der Waals surface area contributed by atoms with Crippen molar-refractivity contribution in [3.8, 4) is 0 Å². The second-order valence-electron chi connectivity index (χ2n) is 4.23. The molecule has 94 valence electrons. The van der Waals surface area contributed by atoms with Crippen molar-refractivity contribution in [3.05, 3.63) is 23.5 Å². The summed E-state index contributed by atoms with van der Waals surface area (Å²) < 4.78 is 0. The summed E-state index contributed by atoms with van der Waals surface area (Å²) in [5.41, 5.74) is 1.29. The van der Waals surface area contributed by atoms with Gasteiger partial charge in [-0.3, -0.25) is 4.79 Å². The SMILES string of the molecule is CC[C@H](C)[C@H](NC(=O)c1c[nH]cc1C)C(=O)O. The zero-order valence-corrected chi connectivity index (χ0v) is 10.3. The Morgan fingerprint density at radius 2 is 2.12 bits per heavy atom. The highest BCUT2D eigenvalue weighted by atomic mass is 16.4. The first-order valence-corrected chi connectivity index (χ1v) is 5.64. The van der Waals surface area contributed by atoms with Crippen molar-refractivity contribution < 1.29 is 14.7 Å². The monoisotopic (exact) mass is 238 g/mol. The number of carboxylic acid groups (broad SMARTS) is 1. The van der Waals surface area contributed by atoms with Crippen molar-refractivity contribution in [2.45, 2.75) is 33.2 Å². The Labute approximate surface area is 100 Å². The number of aliphatic carboxylic acids is 1. The van der Waals surface area contributed by atoms with E-state index in [4.69, 9.17) is 5.11 Å². The lowest BCUT2D eigenvalue weighted by Crippen LogP contribution is -2.45. The number of H-pyrrole nitrogens is 1. The molecule has 5 heteroatoms. The van der Waals surface area contributed by atoms with Crippen LogP contribution in [0.4, 0.5) is 0 Å². The Bertz CT molecular complexity index is 412. The highest BCUT2D eigenvalue weighted by molar-refractivity contribution is 5.97. The molecule has 2 atom stereocenters. The Hall–Kier alpha value is -1.78. The topological polar surface area (TPSA) is 82.2 Å². The number of nitrogens with one attached hydrogen (secondary N) is 2. The molecule has 0 aliphatic heterocycles. The van der Waals surface area contributed by atoms with Crippen LogP contribution in [-0.2, 0) is 4.79 Å². The van der Waals surface area contributed by atoms with Crippen molar-refractivity contribution >= 4 is 11.9 Å². The molecule has 1 aromatic heterocycles. The minimum absolute atomic E-state index is 0.101. The Morgan fingerprint density at radius 1 is 1.47 bits per heavy atom. The van der Waals surface area contributed by atoms with E-state index >= 15 is 0 Å². The van der Waals surface area contributed by atoms with E-state index in [2.05, 4.69) is 10.3 Å². The van der Waals surface area contributed by atoms with Gasteiger partial charge in [-0.05, 0) is 18.4 Å². The van der Waals surface area contributed by atoms with E-state index in [-0.39, 0.29) is 11.8 Å². The van der Waals surface area contributed by atoms with Crippen molar-refractivity contribution in [2.75, 3.05) is 0 Å². The maximum Gasteiger partial charge on any atom is 0.326 e. The molecule has 0 aromatic carbocycles.